The van der Waals surface area contributed by atoms with Crippen LogP contribution in [0.25, 0.3) is 0 Å². The number of nitrogens with one attached hydrogen (secondary N) is 1. The smallest absolute Gasteiger partial charge is 0.149 e. The molecule has 94 valence electrons. The van der Waals surface area contributed by atoms with E-state index in [0.717, 1.165) is 32.0 Å². The van der Waals surface area contributed by atoms with Gasteiger partial charge in [0.25, 0.3) is 0 Å². The Kier molecular flexibility index (Phi) is 4.15. The first-order chi connectivity index (χ1) is 8.15. The average molecular weight is 256 g/mol. The number of aromatic nitrogens is 2. The number of hydrogen-bond acceptors (Lipinski definition) is 5. The fourth-order valence-corrected chi connectivity index (χ4v) is 2.12. The molecule has 0 radical (unpaired) electrons. The number of hydrogen-bond donors (Lipinski definition) is 1. The summed E-state index contributed by atoms with van der Waals surface area (Å²) in [5.41, 5.74) is 0. The summed E-state index contributed by atoms with van der Waals surface area (Å²) in [5, 5.41) is 3.70. The highest BCUT2D eigenvalue weighted by Gasteiger charge is 2.21. The predicted molar refractivity (Wildman–Crippen MR) is 69.4 cm³/mol. The van der Waals surface area contributed by atoms with Crippen LogP contribution in [0.2, 0.25) is 5.15 Å². The summed E-state index contributed by atoms with van der Waals surface area (Å²) in [6.45, 7) is 4.15. The van der Waals surface area contributed by atoms with E-state index in [4.69, 9.17) is 11.6 Å². The number of halogens is 1. The lowest BCUT2D eigenvalue weighted by molar-refractivity contribution is 0.122. The molecule has 5 nitrogen and oxygen atoms in total. The zero-order chi connectivity index (χ0) is 12.3. The molecule has 0 aromatic carbocycles. The monoisotopic (exact) mass is 255 g/mol. The fraction of sp³-hybridized carbons (Fsp3) is 0.636. The molecule has 6 heteroatoms. The summed E-state index contributed by atoms with van der Waals surface area (Å²) < 4.78 is 0. The molecule has 0 bridgehead atoms. The zero-order valence-electron chi connectivity index (χ0n) is 10.2. The van der Waals surface area contributed by atoms with Gasteiger partial charge in [0.15, 0.2) is 0 Å². The molecule has 0 spiro atoms. The van der Waals surface area contributed by atoms with Crippen molar-refractivity contribution in [1.82, 2.24) is 19.8 Å². The number of nitrogens with zero attached hydrogens (tertiary/aromatic N) is 4. The van der Waals surface area contributed by atoms with Crippen LogP contribution in [0.5, 0.6) is 0 Å². The molecule has 1 aromatic heterocycles. The Bertz CT molecular complexity index is 373. The quantitative estimate of drug-likeness (QED) is 0.865. The summed E-state index contributed by atoms with van der Waals surface area (Å²) in [5.74, 6) is 0.735. The molecule has 17 heavy (non-hydrogen) atoms. The van der Waals surface area contributed by atoms with E-state index in [-0.39, 0.29) is 0 Å². The summed E-state index contributed by atoms with van der Waals surface area (Å²) in [6, 6.07) is 0.495. The van der Waals surface area contributed by atoms with Crippen molar-refractivity contribution < 1.29 is 0 Å². The van der Waals surface area contributed by atoms with E-state index in [2.05, 4.69) is 39.2 Å². The molecule has 1 aromatic rings. The minimum Gasteiger partial charge on any atom is -0.367 e. The average Bonchev–Trinajstić information content (AvgIpc) is 2.30. The summed E-state index contributed by atoms with van der Waals surface area (Å²) >= 11 is 5.79. The molecule has 1 atom stereocenters. The van der Waals surface area contributed by atoms with E-state index in [0.29, 0.717) is 11.2 Å². The van der Waals surface area contributed by atoms with Crippen molar-refractivity contribution in [2.24, 2.45) is 0 Å². The van der Waals surface area contributed by atoms with Crippen LogP contribution in [0.1, 0.15) is 0 Å². The summed E-state index contributed by atoms with van der Waals surface area (Å²) in [7, 11) is 4.31. The van der Waals surface area contributed by atoms with Crippen molar-refractivity contribution in [1.29, 1.82) is 0 Å². The molecule has 2 rings (SSSR count). The molecule has 0 saturated carbocycles. The maximum absolute atomic E-state index is 5.79. The highest BCUT2D eigenvalue weighted by molar-refractivity contribution is 6.29. The zero-order valence-corrected chi connectivity index (χ0v) is 11.0. The lowest BCUT2D eigenvalue weighted by Gasteiger charge is -2.37. The van der Waals surface area contributed by atoms with Crippen LogP contribution in [0.4, 0.5) is 5.82 Å². The van der Waals surface area contributed by atoms with Crippen LogP contribution in [-0.4, -0.2) is 66.1 Å². The highest BCUT2D eigenvalue weighted by Crippen LogP contribution is 2.09. The van der Waals surface area contributed by atoms with Crippen molar-refractivity contribution in [3.8, 4) is 0 Å². The van der Waals surface area contributed by atoms with E-state index < -0.39 is 0 Å². The van der Waals surface area contributed by atoms with E-state index in [1.165, 1.54) is 6.20 Å². The van der Waals surface area contributed by atoms with Crippen LogP contribution < -0.4 is 5.32 Å². The maximum Gasteiger partial charge on any atom is 0.149 e. The van der Waals surface area contributed by atoms with Gasteiger partial charge in [0.1, 0.15) is 11.0 Å². The fourth-order valence-electron chi connectivity index (χ4n) is 1.97. The predicted octanol–water partition coefficient (Wildman–Crippen LogP) is 0.788. The lowest BCUT2D eigenvalue weighted by atomic mass is 10.2. The maximum atomic E-state index is 5.79. The van der Waals surface area contributed by atoms with Crippen molar-refractivity contribution in [3.05, 3.63) is 17.5 Å². The van der Waals surface area contributed by atoms with Gasteiger partial charge in [-0.2, -0.15) is 0 Å². The molecule has 1 N–H and O–H groups in total. The van der Waals surface area contributed by atoms with Gasteiger partial charge in [0, 0.05) is 32.2 Å². The summed E-state index contributed by atoms with van der Waals surface area (Å²) in [6.07, 6.45) is 3.23. The molecular formula is C11H18ClN5. The first-order valence-electron chi connectivity index (χ1n) is 5.75. The van der Waals surface area contributed by atoms with Crippen molar-refractivity contribution >= 4 is 17.4 Å². The first kappa shape index (κ1) is 12.5. The third-order valence-electron chi connectivity index (χ3n) is 3.10. The third kappa shape index (κ3) is 3.52. The number of likely N-dealkylation sites (N-methyl/N-ethyl adjacent to an activating group) is 2. The van der Waals surface area contributed by atoms with Crippen molar-refractivity contribution in [2.75, 3.05) is 45.6 Å². The van der Waals surface area contributed by atoms with Crippen molar-refractivity contribution in [3.63, 3.8) is 0 Å². The highest BCUT2D eigenvalue weighted by atomic mass is 35.5. The minimum absolute atomic E-state index is 0.420. The second-order valence-corrected chi connectivity index (χ2v) is 4.89. The molecule has 0 amide bonds. The minimum atomic E-state index is 0.420. The number of anilines is 1. The molecule has 1 fully saturated rings. The second-order valence-electron chi connectivity index (χ2n) is 4.50. The first-order valence-corrected chi connectivity index (χ1v) is 6.13. The van der Waals surface area contributed by atoms with Crippen molar-refractivity contribution in [2.45, 2.75) is 6.04 Å². The van der Waals surface area contributed by atoms with Crippen LogP contribution in [0, 0.1) is 0 Å². The lowest BCUT2D eigenvalue weighted by Crippen LogP contribution is -2.52. The van der Waals surface area contributed by atoms with Crippen LogP contribution in [0.15, 0.2) is 12.4 Å². The molecule has 1 aliphatic rings. The molecule has 2 heterocycles. The van der Waals surface area contributed by atoms with E-state index in [1.54, 1.807) is 6.20 Å². The van der Waals surface area contributed by atoms with Gasteiger partial charge < -0.3 is 10.2 Å². The SMILES string of the molecule is CN1CCN(C)C(CNc2cncc(Cl)n2)C1. The van der Waals surface area contributed by atoms with Gasteiger partial charge in [-0.05, 0) is 14.1 Å². The van der Waals surface area contributed by atoms with Crippen LogP contribution in [-0.2, 0) is 0 Å². The second kappa shape index (κ2) is 5.62. The Morgan fingerprint density at radius 3 is 3.00 bits per heavy atom. The van der Waals surface area contributed by atoms with Crippen LogP contribution in [0.3, 0.4) is 0 Å². The molecule has 1 unspecified atom stereocenters. The Morgan fingerprint density at radius 1 is 1.41 bits per heavy atom. The van der Waals surface area contributed by atoms with Gasteiger partial charge >= 0.3 is 0 Å². The molecular weight excluding hydrogens is 238 g/mol. The standard InChI is InChI=1S/C11H18ClN5/c1-16-3-4-17(2)9(8-16)5-14-11-7-13-6-10(12)15-11/h6-7,9H,3-5,8H2,1-2H3,(H,14,15). The molecule has 0 aliphatic carbocycles. The van der Waals surface area contributed by atoms with E-state index in [9.17, 15) is 0 Å². The summed E-state index contributed by atoms with van der Waals surface area (Å²) in [4.78, 5) is 12.9. The van der Waals surface area contributed by atoms with Gasteiger partial charge in [-0.3, -0.25) is 9.88 Å². The van der Waals surface area contributed by atoms with Crippen LogP contribution >= 0.6 is 11.6 Å². The molecule has 1 aliphatic heterocycles. The van der Waals surface area contributed by atoms with Gasteiger partial charge in [-0.1, -0.05) is 11.6 Å². The topological polar surface area (TPSA) is 44.3 Å². The van der Waals surface area contributed by atoms with Gasteiger partial charge in [-0.25, -0.2) is 4.98 Å². The van der Waals surface area contributed by atoms with Gasteiger partial charge in [0.05, 0.1) is 12.4 Å². The van der Waals surface area contributed by atoms with E-state index in [1.807, 2.05) is 0 Å². The Balaban J connectivity index is 1.88. The van der Waals surface area contributed by atoms with Gasteiger partial charge in [0.2, 0.25) is 0 Å². The number of piperazine rings is 1. The third-order valence-corrected chi connectivity index (χ3v) is 3.29. The Morgan fingerprint density at radius 2 is 2.24 bits per heavy atom. The Hall–Kier alpha value is -0.910. The largest absolute Gasteiger partial charge is 0.367 e. The molecule has 1 saturated heterocycles. The Labute approximate surface area is 107 Å². The normalized spacial score (nSPS) is 22.6. The van der Waals surface area contributed by atoms with E-state index >= 15 is 0 Å². The number of rotatable bonds is 3. The van der Waals surface area contributed by atoms with Gasteiger partial charge in [-0.15, -0.1) is 0 Å².